The SMILES string of the molecule is CCc1c(C)nc(-c2ccc(Cl)s2)nc1Nc1ccn(C[C@H]2COB(O)C2)c1. The number of hydrogen-bond donors (Lipinski definition) is 2. The summed E-state index contributed by atoms with van der Waals surface area (Å²) in [4.78, 5) is 10.4. The highest BCUT2D eigenvalue weighted by molar-refractivity contribution is 7.19. The van der Waals surface area contributed by atoms with Crippen molar-refractivity contribution in [3.05, 3.63) is 46.2 Å². The number of anilines is 2. The summed E-state index contributed by atoms with van der Waals surface area (Å²) in [5.41, 5.74) is 3.05. The van der Waals surface area contributed by atoms with Gasteiger partial charge in [-0.2, -0.15) is 0 Å². The molecular formula is C19H22BClN4O2S. The van der Waals surface area contributed by atoms with Crippen LogP contribution in [0.25, 0.3) is 10.7 Å². The van der Waals surface area contributed by atoms with Gasteiger partial charge in [0.2, 0.25) is 0 Å². The fourth-order valence-corrected chi connectivity index (χ4v) is 4.50. The van der Waals surface area contributed by atoms with E-state index in [-0.39, 0.29) is 0 Å². The number of nitrogens with one attached hydrogen (secondary N) is 1. The molecule has 9 heteroatoms. The van der Waals surface area contributed by atoms with Gasteiger partial charge in [0.25, 0.3) is 0 Å². The summed E-state index contributed by atoms with van der Waals surface area (Å²) in [6, 6.07) is 5.85. The average Bonchev–Trinajstić information content (AvgIpc) is 3.38. The van der Waals surface area contributed by atoms with Gasteiger partial charge < -0.3 is 19.6 Å². The Hall–Kier alpha value is -1.87. The third-order valence-corrected chi connectivity index (χ3v) is 6.13. The molecular weight excluding hydrogens is 395 g/mol. The molecule has 0 aliphatic carbocycles. The van der Waals surface area contributed by atoms with Crippen molar-refractivity contribution in [3.8, 4) is 10.7 Å². The maximum Gasteiger partial charge on any atom is 0.454 e. The Labute approximate surface area is 173 Å². The minimum absolute atomic E-state index is 0.331. The first-order valence-corrected chi connectivity index (χ1v) is 10.6. The van der Waals surface area contributed by atoms with Crippen molar-refractivity contribution in [3.63, 3.8) is 0 Å². The molecule has 28 heavy (non-hydrogen) atoms. The van der Waals surface area contributed by atoms with Crippen molar-refractivity contribution in [2.45, 2.75) is 33.1 Å². The Bertz CT molecular complexity index is 977. The Morgan fingerprint density at radius 2 is 2.25 bits per heavy atom. The van der Waals surface area contributed by atoms with Crippen LogP contribution in [0.15, 0.2) is 30.6 Å². The van der Waals surface area contributed by atoms with Crippen LogP contribution in [-0.4, -0.2) is 33.3 Å². The molecule has 0 saturated carbocycles. The topological polar surface area (TPSA) is 72.2 Å². The summed E-state index contributed by atoms with van der Waals surface area (Å²) in [6.45, 7) is 5.54. The molecule has 6 nitrogen and oxygen atoms in total. The Balaban J connectivity index is 1.56. The van der Waals surface area contributed by atoms with Crippen LogP contribution >= 0.6 is 22.9 Å². The van der Waals surface area contributed by atoms with Gasteiger partial charge in [-0.1, -0.05) is 18.5 Å². The molecule has 1 aliphatic heterocycles. The van der Waals surface area contributed by atoms with Crippen LogP contribution in [0.4, 0.5) is 11.5 Å². The van der Waals surface area contributed by atoms with Crippen molar-refractivity contribution in [2.24, 2.45) is 5.92 Å². The van der Waals surface area contributed by atoms with Crippen LogP contribution in [0.2, 0.25) is 10.7 Å². The number of nitrogens with zero attached hydrogens (tertiary/aromatic N) is 3. The first-order valence-electron chi connectivity index (χ1n) is 9.37. The third-order valence-electron chi connectivity index (χ3n) is 4.90. The van der Waals surface area contributed by atoms with Crippen molar-refractivity contribution in [1.29, 1.82) is 0 Å². The van der Waals surface area contributed by atoms with Gasteiger partial charge in [-0.25, -0.2) is 9.97 Å². The minimum Gasteiger partial charge on any atom is -0.427 e. The van der Waals surface area contributed by atoms with Gasteiger partial charge in [0.1, 0.15) is 5.82 Å². The molecule has 0 bridgehead atoms. The molecule has 3 aromatic heterocycles. The molecule has 3 aromatic rings. The molecule has 1 aliphatic rings. The smallest absolute Gasteiger partial charge is 0.427 e. The molecule has 0 spiro atoms. The molecule has 1 saturated heterocycles. The lowest BCUT2D eigenvalue weighted by Gasteiger charge is -2.13. The zero-order chi connectivity index (χ0) is 19.7. The maximum absolute atomic E-state index is 9.52. The summed E-state index contributed by atoms with van der Waals surface area (Å²) < 4.78 is 8.09. The Morgan fingerprint density at radius 3 is 2.93 bits per heavy atom. The molecule has 146 valence electrons. The van der Waals surface area contributed by atoms with Gasteiger partial charge in [0.05, 0.1) is 14.9 Å². The van der Waals surface area contributed by atoms with Crippen LogP contribution in [0, 0.1) is 12.8 Å². The molecule has 1 atom stereocenters. The fourth-order valence-electron chi connectivity index (χ4n) is 3.53. The largest absolute Gasteiger partial charge is 0.454 e. The van der Waals surface area contributed by atoms with Crippen molar-refractivity contribution >= 4 is 41.6 Å². The standard InChI is InChI=1S/C19H22BClN4O2S/c1-3-15-12(2)22-19(16-4-5-17(21)28-16)24-18(15)23-14-6-7-25(10-14)9-13-8-20(26)27-11-13/h4-7,10,13,26H,3,8-9,11H2,1-2H3,(H,22,23,24)/t13-/m0/s1. The van der Waals surface area contributed by atoms with Crippen molar-refractivity contribution in [2.75, 3.05) is 11.9 Å². The van der Waals surface area contributed by atoms with E-state index in [9.17, 15) is 5.02 Å². The zero-order valence-corrected chi connectivity index (χ0v) is 17.4. The van der Waals surface area contributed by atoms with Crippen LogP contribution in [0.1, 0.15) is 18.2 Å². The number of rotatable bonds is 6. The van der Waals surface area contributed by atoms with E-state index >= 15 is 0 Å². The van der Waals surface area contributed by atoms with Gasteiger partial charge in [0.15, 0.2) is 5.82 Å². The lowest BCUT2D eigenvalue weighted by molar-refractivity contribution is 0.264. The summed E-state index contributed by atoms with van der Waals surface area (Å²) in [6.07, 6.45) is 5.62. The molecule has 0 unspecified atom stereocenters. The minimum atomic E-state index is -0.626. The number of hydrogen-bond acceptors (Lipinski definition) is 6. The summed E-state index contributed by atoms with van der Waals surface area (Å²) in [7, 11) is -0.626. The van der Waals surface area contributed by atoms with E-state index in [1.165, 1.54) is 11.3 Å². The Morgan fingerprint density at radius 1 is 1.39 bits per heavy atom. The van der Waals surface area contributed by atoms with E-state index < -0.39 is 7.12 Å². The quantitative estimate of drug-likeness (QED) is 0.583. The normalized spacial score (nSPS) is 16.7. The maximum atomic E-state index is 9.52. The summed E-state index contributed by atoms with van der Waals surface area (Å²) in [5.74, 6) is 1.84. The number of aromatic nitrogens is 3. The van der Waals surface area contributed by atoms with Crippen LogP contribution < -0.4 is 5.32 Å². The van der Waals surface area contributed by atoms with Gasteiger partial charge in [-0.15, -0.1) is 11.3 Å². The summed E-state index contributed by atoms with van der Waals surface area (Å²) >= 11 is 7.56. The predicted molar refractivity (Wildman–Crippen MR) is 114 cm³/mol. The lowest BCUT2D eigenvalue weighted by atomic mass is 9.82. The highest BCUT2D eigenvalue weighted by Crippen LogP contribution is 2.32. The van der Waals surface area contributed by atoms with Crippen LogP contribution in [0.5, 0.6) is 0 Å². The number of thiophene rings is 1. The second-order valence-electron chi connectivity index (χ2n) is 7.03. The van der Waals surface area contributed by atoms with Crippen molar-refractivity contribution in [1.82, 2.24) is 14.5 Å². The van der Waals surface area contributed by atoms with E-state index in [0.29, 0.717) is 24.7 Å². The molecule has 1 fully saturated rings. The lowest BCUT2D eigenvalue weighted by Crippen LogP contribution is -2.10. The monoisotopic (exact) mass is 416 g/mol. The molecule has 4 heterocycles. The van der Waals surface area contributed by atoms with Crippen molar-refractivity contribution < 1.29 is 9.68 Å². The van der Waals surface area contributed by atoms with E-state index in [1.807, 2.05) is 31.3 Å². The predicted octanol–water partition coefficient (Wildman–Crippen LogP) is 4.40. The van der Waals surface area contributed by atoms with Crippen LogP contribution in [-0.2, 0) is 17.6 Å². The average molecular weight is 417 g/mol. The van der Waals surface area contributed by atoms with Crippen LogP contribution in [0.3, 0.4) is 0 Å². The van der Waals surface area contributed by atoms with Gasteiger partial charge in [0, 0.05) is 36.8 Å². The molecule has 2 N–H and O–H groups in total. The first kappa shape index (κ1) is 19.5. The second-order valence-corrected chi connectivity index (χ2v) is 8.74. The van der Waals surface area contributed by atoms with E-state index in [0.717, 1.165) is 44.9 Å². The van der Waals surface area contributed by atoms with Gasteiger partial charge in [-0.3, -0.25) is 0 Å². The fraction of sp³-hybridized carbons (Fsp3) is 0.368. The Kier molecular flexibility index (Phi) is 5.73. The van der Waals surface area contributed by atoms with E-state index in [2.05, 4.69) is 28.0 Å². The van der Waals surface area contributed by atoms with E-state index in [4.69, 9.17) is 21.2 Å². The zero-order valence-electron chi connectivity index (χ0n) is 15.9. The first-order chi connectivity index (χ1) is 13.5. The third kappa shape index (κ3) is 4.25. The molecule has 4 rings (SSSR count). The molecule has 0 radical (unpaired) electrons. The molecule has 0 aromatic carbocycles. The highest BCUT2D eigenvalue weighted by Gasteiger charge is 2.28. The van der Waals surface area contributed by atoms with Gasteiger partial charge >= 0.3 is 7.12 Å². The molecule has 0 amide bonds. The van der Waals surface area contributed by atoms with Gasteiger partial charge in [-0.05, 0) is 43.8 Å². The van der Waals surface area contributed by atoms with E-state index in [1.54, 1.807) is 0 Å². The summed E-state index contributed by atoms with van der Waals surface area (Å²) in [5, 5.41) is 13.0. The highest BCUT2D eigenvalue weighted by atomic mass is 35.5. The second kappa shape index (κ2) is 8.25. The number of aryl methyl sites for hydroxylation is 1. The number of halogens is 1.